The molecular weight excluding hydrogens is 327 g/mol. The van der Waals surface area contributed by atoms with E-state index in [2.05, 4.69) is 32.8 Å². The fourth-order valence-electron chi connectivity index (χ4n) is 2.53. The highest BCUT2D eigenvalue weighted by atomic mass is 127. The van der Waals surface area contributed by atoms with Crippen LogP contribution in [-0.4, -0.2) is 36.0 Å². The molecule has 1 amide bonds. The predicted octanol–water partition coefficient (Wildman–Crippen LogP) is 1.87. The molecule has 3 nitrogen and oxygen atoms in total. The number of amides is 1. The maximum absolute atomic E-state index is 12.6. The first-order chi connectivity index (χ1) is 8.23. The Hall–Kier alpha value is -0.620. The minimum Gasteiger partial charge on any atom is -0.330 e. The largest absolute Gasteiger partial charge is 0.330 e. The van der Waals surface area contributed by atoms with Crippen molar-refractivity contribution in [2.45, 2.75) is 18.4 Å². The lowest BCUT2D eigenvalue weighted by atomic mass is 10.1. The minimum atomic E-state index is 0.133. The molecule has 1 heterocycles. The molecule has 1 aliphatic carbocycles. The summed E-state index contributed by atoms with van der Waals surface area (Å²) in [7, 11) is 0. The maximum atomic E-state index is 12.6. The first kappa shape index (κ1) is 11.5. The van der Waals surface area contributed by atoms with Gasteiger partial charge in [0.25, 0.3) is 5.91 Å². The lowest BCUT2D eigenvalue weighted by molar-refractivity contribution is 0.0599. The van der Waals surface area contributed by atoms with Gasteiger partial charge < -0.3 is 10.2 Å². The van der Waals surface area contributed by atoms with Crippen molar-refractivity contribution in [1.82, 2.24) is 10.2 Å². The summed E-state index contributed by atoms with van der Waals surface area (Å²) in [5.74, 6) is 0.203. The van der Waals surface area contributed by atoms with Gasteiger partial charge in [-0.2, -0.15) is 0 Å². The van der Waals surface area contributed by atoms with Gasteiger partial charge in [0, 0.05) is 23.2 Å². The van der Waals surface area contributed by atoms with Gasteiger partial charge in [-0.1, -0.05) is 12.1 Å². The number of rotatable bonds is 1. The van der Waals surface area contributed by atoms with Crippen LogP contribution in [0.5, 0.6) is 0 Å². The summed E-state index contributed by atoms with van der Waals surface area (Å²) in [6.45, 7) is 2.71. The Morgan fingerprint density at radius 1 is 1.35 bits per heavy atom. The topological polar surface area (TPSA) is 32.3 Å². The van der Waals surface area contributed by atoms with Crippen LogP contribution in [0.3, 0.4) is 0 Å². The third kappa shape index (κ3) is 1.97. The van der Waals surface area contributed by atoms with Gasteiger partial charge in [-0.3, -0.25) is 4.79 Å². The Morgan fingerprint density at radius 2 is 2.12 bits per heavy atom. The van der Waals surface area contributed by atoms with E-state index in [9.17, 15) is 4.79 Å². The molecule has 1 aliphatic heterocycles. The van der Waals surface area contributed by atoms with E-state index in [1.54, 1.807) is 0 Å². The Kier molecular flexibility index (Phi) is 2.86. The quantitative estimate of drug-likeness (QED) is 0.791. The van der Waals surface area contributed by atoms with E-state index < -0.39 is 0 Å². The molecule has 0 radical (unpaired) electrons. The predicted molar refractivity (Wildman–Crippen MR) is 75.0 cm³/mol. The van der Waals surface area contributed by atoms with E-state index in [1.165, 1.54) is 0 Å². The molecule has 0 unspecified atom stereocenters. The molecule has 1 N–H and O–H groups in total. The van der Waals surface area contributed by atoms with Gasteiger partial charge in [0.1, 0.15) is 0 Å². The first-order valence-electron chi connectivity index (χ1n) is 6.00. The molecule has 0 atom stereocenters. The number of nitrogens with zero attached hydrogens (tertiary/aromatic N) is 1. The van der Waals surface area contributed by atoms with Crippen LogP contribution in [0.4, 0.5) is 0 Å². The van der Waals surface area contributed by atoms with Gasteiger partial charge in [0.05, 0.1) is 11.1 Å². The van der Waals surface area contributed by atoms with Gasteiger partial charge in [-0.15, -0.1) is 0 Å². The van der Waals surface area contributed by atoms with Crippen LogP contribution in [0.2, 0.25) is 0 Å². The highest BCUT2D eigenvalue weighted by molar-refractivity contribution is 14.1. The maximum Gasteiger partial charge on any atom is 0.255 e. The summed E-state index contributed by atoms with van der Waals surface area (Å²) in [5, 5.41) is 3.39. The second-order valence-electron chi connectivity index (χ2n) is 4.84. The summed E-state index contributed by atoms with van der Waals surface area (Å²) in [6.07, 6.45) is 2.30. The van der Waals surface area contributed by atoms with Crippen molar-refractivity contribution in [2.24, 2.45) is 0 Å². The van der Waals surface area contributed by atoms with E-state index in [1.807, 2.05) is 24.3 Å². The van der Waals surface area contributed by atoms with Gasteiger partial charge in [0.2, 0.25) is 0 Å². The van der Waals surface area contributed by atoms with Crippen molar-refractivity contribution in [3.8, 4) is 0 Å². The van der Waals surface area contributed by atoms with Crippen molar-refractivity contribution >= 4 is 28.5 Å². The molecule has 1 saturated carbocycles. The molecule has 3 rings (SSSR count). The van der Waals surface area contributed by atoms with Crippen molar-refractivity contribution in [3.05, 3.63) is 33.4 Å². The minimum absolute atomic E-state index is 0.133. The smallest absolute Gasteiger partial charge is 0.255 e. The number of halogens is 1. The Bertz CT molecular complexity index is 456. The fourth-order valence-corrected chi connectivity index (χ4v) is 3.15. The molecule has 1 saturated heterocycles. The molecule has 0 aromatic heterocycles. The summed E-state index contributed by atoms with van der Waals surface area (Å²) in [4.78, 5) is 14.7. The molecule has 1 aromatic carbocycles. The third-order valence-corrected chi connectivity index (χ3v) is 4.66. The second-order valence-corrected chi connectivity index (χ2v) is 6.00. The SMILES string of the molecule is O=C(c1ccccc1I)N1CCNCC12CC2. The van der Waals surface area contributed by atoms with Crippen LogP contribution < -0.4 is 5.32 Å². The van der Waals surface area contributed by atoms with Gasteiger partial charge >= 0.3 is 0 Å². The van der Waals surface area contributed by atoms with E-state index in [0.29, 0.717) is 0 Å². The number of hydrogen-bond donors (Lipinski definition) is 1. The molecule has 90 valence electrons. The van der Waals surface area contributed by atoms with Gasteiger partial charge in [0.15, 0.2) is 0 Å². The van der Waals surface area contributed by atoms with Crippen LogP contribution in [0.15, 0.2) is 24.3 Å². The average Bonchev–Trinajstić information content (AvgIpc) is 3.10. The van der Waals surface area contributed by atoms with E-state index >= 15 is 0 Å². The molecule has 17 heavy (non-hydrogen) atoms. The number of carbonyl (C=O) groups is 1. The zero-order chi connectivity index (χ0) is 11.9. The molecule has 2 fully saturated rings. The van der Waals surface area contributed by atoms with Crippen molar-refractivity contribution in [3.63, 3.8) is 0 Å². The first-order valence-corrected chi connectivity index (χ1v) is 7.08. The summed E-state index contributed by atoms with van der Waals surface area (Å²) < 4.78 is 1.05. The Morgan fingerprint density at radius 3 is 2.82 bits per heavy atom. The lowest BCUT2D eigenvalue weighted by Crippen LogP contribution is -2.55. The van der Waals surface area contributed by atoms with Crippen molar-refractivity contribution in [2.75, 3.05) is 19.6 Å². The molecule has 2 aliphatic rings. The van der Waals surface area contributed by atoms with Crippen LogP contribution in [0.25, 0.3) is 0 Å². The standard InChI is InChI=1S/C13H15IN2O/c14-11-4-2-1-3-10(11)12(17)16-8-7-15-9-13(16)5-6-13/h1-4,15H,5-9H2. The Balaban J connectivity index is 1.89. The highest BCUT2D eigenvalue weighted by Gasteiger charge is 2.51. The van der Waals surface area contributed by atoms with E-state index in [4.69, 9.17) is 0 Å². The lowest BCUT2D eigenvalue weighted by Gasteiger charge is -2.37. The normalized spacial score (nSPS) is 21.6. The Labute approximate surface area is 115 Å². The summed E-state index contributed by atoms with van der Waals surface area (Å²) in [5.41, 5.74) is 0.982. The fraction of sp³-hybridized carbons (Fsp3) is 0.462. The number of nitrogens with one attached hydrogen (secondary N) is 1. The zero-order valence-electron chi connectivity index (χ0n) is 9.58. The zero-order valence-corrected chi connectivity index (χ0v) is 11.7. The number of hydrogen-bond acceptors (Lipinski definition) is 2. The highest BCUT2D eigenvalue weighted by Crippen LogP contribution is 2.43. The molecule has 1 aromatic rings. The monoisotopic (exact) mass is 342 g/mol. The number of carbonyl (C=O) groups excluding carboxylic acids is 1. The summed E-state index contributed by atoms with van der Waals surface area (Å²) in [6, 6.07) is 7.85. The molecule has 0 bridgehead atoms. The molecule has 1 spiro atoms. The van der Waals surface area contributed by atoms with Crippen LogP contribution in [0, 0.1) is 3.57 Å². The van der Waals surface area contributed by atoms with Crippen molar-refractivity contribution in [1.29, 1.82) is 0 Å². The molecular formula is C13H15IN2O. The molecule has 4 heteroatoms. The third-order valence-electron chi connectivity index (χ3n) is 3.72. The van der Waals surface area contributed by atoms with Gasteiger partial charge in [-0.05, 0) is 47.6 Å². The second kappa shape index (κ2) is 4.24. The summed E-state index contributed by atoms with van der Waals surface area (Å²) >= 11 is 2.24. The average molecular weight is 342 g/mol. The van der Waals surface area contributed by atoms with Crippen LogP contribution in [-0.2, 0) is 0 Å². The van der Waals surface area contributed by atoms with Crippen molar-refractivity contribution < 1.29 is 4.79 Å². The van der Waals surface area contributed by atoms with Gasteiger partial charge in [-0.25, -0.2) is 0 Å². The van der Waals surface area contributed by atoms with Crippen LogP contribution in [0.1, 0.15) is 23.2 Å². The number of benzene rings is 1. The van der Waals surface area contributed by atoms with E-state index in [0.717, 1.165) is 41.6 Å². The van der Waals surface area contributed by atoms with Crippen LogP contribution >= 0.6 is 22.6 Å². The van der Waals surface area contributed by atoms with E-state index in [-0.39, 0.29) is 11.4 Å². The number of piperazine rings is 1.